The average molecular weight is 268 g/mol. The average Bonchev–Trinajstić information content (AvgIpc) is 2.87. The molecule has 1 atom stereocenters. The van der Waals surface area contributed by atoms with E-state index in [9.17, 15) is 4.79 Å². The van der Waals surface area contributed by atoms with Crippen LogP contribution in [0.5, 0.6) is 0 Å². The Kier molecular flexibility index (Phi) is 4.25. The van der Waals surface area contributed by atoms with Crippen LogP contribution in [0.3, 0.4) is 0 Å². The van der Waals surface area contributed by atoms with Crippen molar-refractivity contribution in [1.82, 2.24) is 4.90 Å². The quantitative estimate of drug-likeness (QED) is 0.800. The van der Waals surface area contributed by atoms with Crippen molar-refractivity contribution in [2.75, 3.05) is 6.54 Å². The number of nitrogens with zero attached hydrogens (tertiary/aromatic N) is 1. The number of rotatable bonds is 3. The molecule has 18 heavy (non-hydrogen) atoms. The molecule has 1 saturated carbocycles. The van der Waals surface area contributed by atoms with Crippen LogP contribution in [0.2, 0.25) is 0 Å². The van der Waals surface area contributed by atoms with Gasteiger partial charge in [-0.25, -0.2) is 0 Å². The first-order valence-electron chi connectivity index (χ1n) is 7.21. The van der Waals surface area contributed by atoms with Gasteiger partial charge in [-0.2, -0.15) is 0 Å². The van der Waals surface area contributed by atoms with Gasteiger partial charge in [0, 0.05) is 12.0 Å². The van der Waals surface area contributed by atoms with Gasteiger partial charge in [-0.05, 0) is 38.5 Å². The van der Waals surface area contributed by atoms with E-state index in [1.165, 1.54) is 12.8 Å². The molecule has 1 aliphatic heterocycles. The molecule has 2 N–H and O–H groups in total. The third kappa shape index (κ3) is 2.40. The number of carbonyl (C=O) groups excluding carboxylic acids is 1. The SMILES string of the molecule is CCC1(C(=O)N2CCCCC2C(N)=S)CCCC1. The molecule has 1 amide bonds. The maximum Gasteiger partial charge on any atom is 0.229 e. The van der Waals surface area contributed by atoms with E-state index in [1.54, 1.807) is 0 Å². The van der Waals surface area contributed by atoms with Crippen LogP contribution < -0.4 is 5.73 Å². The minimum atomic E-state index is -0.111. The van der Waals surface area contributed by atoms with Gasteiger partial charge in [0.1, 0.15) is 0 Å². The molecule has 2 aliphatic rings. The van der Waals surface area contributed by atoms with E-state index in [-0.39, 0.29) is 11.5 Å². The number of piperidine rings is 1. The molecule has 102 valence electrons. The third-order valence-electron chi connectivity index (χ3n) is 4.78. The number of carbonyl (C=O) groups is 1. The van der Waals surface area contributed by atoms with Crippen molar-refractivity contribution in [3.63, 3.8) is 0 Å². The first-order chi connectivity index (χ1) is 8.60. The number of hydrogen-bond donors (Lipinski definition) is 1. The van der Waals surface area contributed by atoms with Crippen LogP contribution in [-0.2, 0) is 4.79 Å². The first-order valence-corrected chi connectivity index (χ1v) is 7.62. The van der Waals surface area contributed by atoms with E-state index >= 15 is 0 Å². The molecule has 0 radical (unpaired) electrons. The zero-order valence-electron chi connectivity index (χ0n) is 11.3. The molecule has 0 aromatic heterocycles. The van der Waals surface area contributed by atoms with Crippen molar-refractivity contribution in [3.8, 4) is 0 Å². The van der Waals surface area contributed by atoms with Gasteiger partial charge in [-0.3, -0.25) is 4.79 Å². The van der Waals surface area contributed by atoms with Gasteiger partial charge in [0.25, 0.3) is 0 Å². The number of nitrogens with two attached hydrogens (primary N) is 1. The van der Waals surface area contributed by atoms with E-state index in [0.717, 1.165) is 45.1 Å². The molecular formula is C14H24N2OS. The maximum absolute atomic E-state index is 12.9. The summed E-state index contributed by atoms with van der Waals surface area (Å²) in [5.41, 5.74) is 5.71. The second-order valence-electron chi connectivity index (χ2n) is 5.75. The summed E-state index contributed by atoms with van der Waals surface area (Å²) in [6, 6.07) is 0.00488. The van der Waals surface area contributed by atoms with E-state index in [4.69, 9.17) is 18.0 Å². The molecule has 2 rings (SSSR count). The standard InChI is InChI=1S/C14H24N2OS/c1-2-14(8-4-5-9-14)13(17)16-10-6-3-7-11(16)12(15)18/h11H,2-10H2,1H3,(H2,15,18). The molecular weight excluding hydrogens is 244 g/mol. The Morgan fingerprint density at radius 2 is 2.00 bits per heavy atom. The molecule has 3 nitrogen and oxygen atoms in total. The third-order valence-corrected chi connectivity index (χ3v) is 5.06. The van der Waals surface area contributed by atoms with Gasteiger partial charge < -0.3 is 10.6 Å². The molecule has 1 unspecified atom stereocenters. The topological polar surface area (TPSA) is 46.3 Å². The van der Waals surface area contributed by atoms with Crippen molar-refractivity contribution >= 4 is 23.1 Å². The highest BCUT2D eigenvalue weighted by Gasteiger charge is 2.44. The summed E-state index contributed by atoms with van der Waals surface area (Å²) in [6.45, 7) is 2.98. The van der Waals surface area contributed by atoms with E-state index < -0.39 is 0 Å². The van der Waals surface area contributed by atoms with Crippen LogP contribution in [0.25, 0.3) is 0 Å². The molecule has 1 heterocycles. The summed E-state index contributed by atoms with van der Waals surface area (Å²) in [6.07, 6.45) is 8.57. The van der Waals surface area contributed by atoms with Crippen LogP contribution in [0.15, 0.2) is 0 Å². The van der Waals surface area contributed by atoms with E-state index in [1.807, 2.05) is 4.90 Å². The minimum absolute atomic E-state index is 0.00488. The van der Waals surface area contributed by atoms with Crippen molar-refractivity contribution in [1.29, 1.82) is 0 Å². The Labute approximate surface area is 115 Å². The zero-order chi connectivity index (χ0) is 13.2. The molecule has 1 saturated heterocycles. The second kappa shape index (κ2) is 5.55. The lowest BCUT2D eigenvalue weighted by molar-refractivity contribution is -0.144. The van der Waals surface area contributed by atoms with Gasteiger partial charge in [0.05, 0.1) is 11.0 Å². The predicted molar refractivity (Wildman–Crippen MR) is 77.3 cm³/mol. The Balaban J connectivity index is 2.17. The summed E-state index contributed by atoms with van der Waals surface area (Å²) in [7, 11) is 0. The summed E-state index contributed by atoms with van der Waals surface area (Å²) in [4.78, 5) is 15.4. The molecule has 0 aromatic carbocycles. The van der Waals surface area contributed by atoms with Crippen LogP contribution in [0.1, 0.15) is 58.3 Å². The summed E-state index contributed by atoms with van der Waals surface area (Å²) < 4.78 is 0. The van der Waals surface area contributed by atoms with Gasteiger partial charge in [0.15, 0.2) is 0 Å². The highest BCUT2D eigenvalue weighted by Crippen LogP contribution is 2.43. The van der Waals surface area contributed by atoms with Crippen molar-refractivity contribution in [3.05, 3.63) is 0 Å². The highest BCUT2D eigenvalue weighted by molar-refractivity contribution is 7.80. The molecule has 1 aliphatic carbocycles. The maximum atomic E-state index is 12.9. The number of thiocarbonyl (C=S) groups is 1. The lowest BCUT2D eigenvalue weighted by Gasteiger charge is -2.40. The summed E-state index contributed by atoms with van der Waals surface area (Å²) >= 11 is 5.14. The lowest BCUT2D eigenvalue weighted by atomic mass is 9.81. The molecule has 0 bridgehead atoms. The highest BCUT2D eigenvalue weighted by atomic mass is 32.1. The van der Waals surface area contributed by atoms with Gasteiger partial charge >= 0.3 is 0 Å². The largest absolute Gasteiger partial charge is 0.392 e. The summed E-state index contributed by atoms with van der Waals surface area (Å²) in [5, 5.41) is 0. The Morgan fingerprint density at radius 1 is 1.33 bits per heavy atom. The fourth-order valence-electron chi connectivity index (χ4n) is 3.55. The second-order valence-corrected chi connectivity index (χ2v) is 6.22. The number of hydrogen-bond acceptors (Lipinski definition) is 2. The fraction of sp³-hybridized carbons (Fsp3) is 0.857. The van der Waals surface area contributed by atoms with Crippen LogP contribution in [0, 0.1) is 5.41 Å². The fourth-order valence-corrected chi connectivity index (χ4v) is 3.79. The van der Waals surface area contributed by atoms with Crippen molar-refractivity contribution in [2.24, 2.45) is 11.1 Å². The van der Waals surface area contributed by atoms with Crippen LogP contribution in [-0.4, -0.2) is 28.4 Å². The molecule has 4 heteroatoms. The van der Waals surface area contributed by atoms with Crippen LogP contribution in [0.4, 0.5) is 0 Å². The smallest absolute Gasteiger partial charge is 0.229 e. The number of likely N-dealkylation sites (tertiary alicyclic amines) is 1. The summed E-state index contributed by atoms with van der Waals surface area (Å²) in [5.74, 6) is 0.319. The monoisotopic (exact) mass is 268 g/mol. The minimum Gasteiger partial charge on any atom is -0.392 e. The van der Waals surface area contributed by atoms with Gasteiger partial charge in [-0.15, -0.1) is 0 Å². The Hall–Kier alpha value is -0.640. The number of amides is 1. The van der Waals surface area contributed by atoms with E-state index in [0.29, 0.717) is 10.9 Å². The van der Waals surface area contributed by atoms with Crippen LogP contribution >= 0.6 is 12.2 Å². The molecule has 0 spiro atoms. The normalized spacial score (nSPS) is 27.2. The molecule has 0 aromatic rings. The predicted octanol–water partition coefficient (Wildman–Crippen LogP) is 2.62. The zero-order valence-corrected chi connectivity index (χ0v) is 12.1. The van der Waals surface area contributed by atoms with Crippen molar-refractivity contribution < 1.29 is 4.79 Å². The van der Waals surface area contributed by atoms with E-state index in [2.05, 4.69) is 6.92 Å². The Bertz CT molecular complexity index is 337. The Morgan fingerprint density at radius 3 is 2.56 bits per heavy atom. The lowest BCUT2D eigenvalue weighted by Crippen LogP contribution is -2.54. The first kappa shape index (κ1) is 13.8. The van der Waals surface area contributed by atoms with Crippen molar-refractivity contribution in [2.45, 2.75) is 64.3 Å². The van der Waals surface area contributed by atoms with Gasteiger partial charge in [-0.1, -0.05) is 32.0 Å². The van der Waals surface area contributed by atoms with Gasteiger partial charge in [0.2, 0.25) is 5.91 Å². The molecule has 2 fully saturated rings.